The Morgan fingerprint density at radius 3 is 2.72 bits per heavy atom. The molecule has 0 radical (unpaired) electrons. The van der Waals surface area contributed by atoms with Crippen LogP contribution in [-0.2, 0) is 0 Å². The van der Waals surface area contributed by atoms with Crippen LogP contribution in [0.5, 0.6) is 0 Å². The molecular weight excluding hydrogens is 227 g/mol. The van der Waals surface area contributed by atoms with Crippen molar-refractivity contribution in [2.75, 3.05) is 13.1 Å². The molecule has 0 bridgehead atoms. The Hall–Kier alpha value is -1.35. The Labute approximate surface area is 107 Å². The van der Waals surface area contributed by atoms with Gasteiger partial charge in [-0.25, -0.2) is 4.39 Å². The topological polar surface area (TPSA) is 27.8 Å². The summed E-state index contributed by atoms with van der Waals surface area (Å²) in [5.41, 5.74) is 2.89. The van der Waals surface area contributed by atoms with Crippen molar-refractivity contribution in [3.8, 4) is 0 Å². The van der Waals surface area contributed by atoms with Gasteiger partial charge in [-0.2, -0.15) is 0 Å². The fourth-order valence-electron chi connectivity index (χ4n) is 3.03. The number of halogens is 1. The van der Waals surface area contributed by atoms with E-state index < -0.39 is 6.17 Å². The largest absolute Gasteiger partial charge is 0.358 e. The van der Waals surface area contributed by atoms with Crippen LogP contribution in [0.15, 0.2) is 24.3 Å². The number of aryl methyl sites for hydroxylation is 1. The minimum absolute atomic E-state index is 0.157. The van der Waals surface area contributed by atoms with Crippen molar-refractivity contribution in [1.29, 1.82) is 0 Å². The number of aromatic amines is 1. The maximum absolute atomic E-state index is 14.8. The van der Waals surface area contributed by atoms with Gasteiger partial charge in [-0.1, -0.05) is 18.2 Å². The third kappa shape index (κ3) is 1.93. The first kappa shape index (κ1) is 11.7. The predicted molar refractivity (Wildman–Crippen MR) is 72.5 cm³/mol. The lowest BCUT2D eigenvalue weighted by Crippen LogP contribution is -2.29. The molecule has 1 unspecified atom stereocenters. The van der Waals surface area contributed by atoms with E-state index in [9.17, 15) is 4.39 Å². The normalized spacial score (nSPS) is 19.2. The van der Waals surface area contributed by atoms with Gasteiger partial charge in [0.1, 0.15) is 6.17 Å². The van der Waals surface area contributed by atoms with Gasteiger partial charge < -0.3 is 10.3 Å². The molecule has 96 valence electrons. The second kappa shape index (κ2) is 4.73. The van der Waals surface area contributed by atoms with E-state index in [4.69, 9.17) is 0 Å². The van der Waals surface area contributed by atoms with Gasteiger partial charge in [-0.05, 0) is 44.8 Å². The van der Waals surface area contributed by atoms with Crippen LogP contribution in [0.1, 0.15) is 30.3 Å². The van der Waals surface area contributed by atoms with Crippen molar-refractivity contribution < 1.29 is 4.39 Å². The average molecular weight is 246 g/mol. The van der Waals surface area contributed by atoms with Crippen LogP contribution in [0.3, 0.4) is 0 Å². The second-order valence-corrected chi connectivity index (χ2v) is 5.20. The molecule has 1 aliphatic heterocycles. The second-order valence-electron chi connectivity index (χ2n) is 5.20. The first-order valence-electron chi connectivity index (χ1n) is 6.69. The van der Waals surface area contributed by atoms with Gasteiger partial charge in [0.25, 0.3) is 0 Å². The van der Waals surface area contributed by atoms with E-state index in [2.05, 4.69) is 10.3 Å². The highest BCUT2D eigenvalue weighted by Gasteiger charge is 2.28. The number of para-hydroxylation sites is 1. The lowest BCUT2D eigenvalue weighted by atomic mass is 9.88. The third-order valence-corrected chi connectivity index (χ3v) is 4.02. The number of nitrogens with one attached hydrogen (secondary N) is 2. The summed E-state index contributed by atoms with van der Waals surface area (Å²) in [6.45, 7) is 3.85. The Morgan fingerprint density at radius 1 is 1.22 bits per heavy atom. The highest BCUT2D eigenvalue weighted by atomic mass is 19.1. The number of H-pyrrole nitrogens is 1. The van der Waals surface area contributed by atoms with E-state index >= 15 is 0 Å². The zero-order valence-corrected chi connectivity index (χ0v) is 10.7. The van der Waals surface area contributed by atoms with Crippen molar-refractivity contribution in [1.82, 2.24) is 10.3 Å². The van der Waals surface area contributed by atoms with Gasteiger partial charge in [0.2, 0.25) is 0 Å². The molecule has 2 N–H and O–H groups in total. The van der Waals surface area contributed by atoms with E-state index in [0.717, 1.165) is 48.1 Å². The van der Waals surface area contributed by atoms with Gasteiger partial charge >= 0.3 is 0 Å². The minimum atomic E-state index is -0.844. The molecule has 0 amide bonds. The lowest BCUT2D eigenvalue weighted by molar-refractivity contribution is 0.191. The van der Waals surface area contributed by atoms with E-state index in [0.29, 0.717) is 0 Å². The third-order valence-electron chi connectivity index (χ3n) is 4.02. The smallest absolute Gasteiger partial charge is 0.130 e. The first-order chi connectivity index (χ1) is 8.77. The summed E-state index contributed by atoms with van der Waals surface area (Å²) in [5, 5.41) is 4.33. The fraction of sp³-hybridized carbons (Fsp3) is 0.467. The van der Waals surface area contributed by atoms with Gasteiger partial charge in [0.05, 0.1) is 0 Å². The average Bonchev–Trinajstić information content (AvgIpc) is 2.75. The Balaban J connectivity index is 1.99. The standard InChI is InChI=1S/C15H19FN2/c1-10-14(12-4-2-3-5-13(12)18-10)15(16)11-6-8-17-9-7-11/h2-5,11,15,17-18H,6-9H2,1H3. The molecule has 1 atom stereocenters. The highest BCUT2D eigenvalue weighted by Crippen LogP contribution is 2.38. The predicted octanol–water partition coefficient (Wildman–Crippen LogP) is 3.49. The maximum Gasteiger partial charge on any atom is 0.130 e. The van der Waals surface area contributed by atoms with Crippen molar-refractivity contribution in [3.05, 3.63) is 35.5 Å². The number of piperidine rings is 1. The van der Waals surface area contributed by atoms with Crippen molar-refractivity contribution in [2.45, 2.75) is 25.9 Å². The molecule has 2 aromatic rings. The SMILES string of the molecule is Cc1[nH]c2ccccc2c1C(F)C1CCNCC1. The van der Waals surface area contributed by atoms with E-state index in [1.54, 1.807) is 0 Å². The monoisotopic (exact) mass is 246 g/mol. The summed E-state index contributed by atoms with van der Waals surface area (Å²) in [7, 11) is 0. The molecule has 2 nitrogen and oxygen atoms in total. The van der Waals surface area contributed by atoms with Gasteiger partial charge in [0, 0.05) is 22.2 Å². The zero-order valence-electron chi connectivity index (χ0n) is 10.7. The fourth-order valence-corrected chi connectivity index (χ4v) is 3.03. The van der Waals surface area contributed by atoms with E-state index in [1.165, 1.54) is 0 Å². The maximum atomic E-state index is 14.8. The number of alkyl halides is 1. The highest BCUT2D eigenvalue weighted by molar-refractivity contribution is 5.85. The summed E-state index contributed by atoms with van der Waals surface area (Å²) in [6.07, 6.45) is 1.02. The van der Waals surface area contributed by atoms with E-state index in [-0.39, 0.29) is 5.92 Å². The lowest BCUT2D eigenvalue weighted by Gasteiger charge is -2.26. The molecule has 1 aromatic heterocycles. The summed E-state index contributed by atoms with van der Waals surface area (Å²) < 4.78 is 14.8. The minimum Gasteiger partial charge on any atom is -0.358 e. The molecule has 1 saturated heterocycles. The molecule has 0 spiro atoms. The molecule has 2 heterocycles. The van der Waals surface area contributed by atoms with Crippen LogP contribution in [0.2, 0.25) is 0 Å². The zero-order chi connectivity index (χ0) is 12.5. The first-order valence-corrected chi connectivity index (χ1v) is 6.69. The number of benzene rings is 1. The molecule has 1 fully saturated rings. The van der Waals surface area contributed by atoms with Gasteiger partial charge in [-0.3, -0.25) is 0 Å². The number of hydrogen-bond donors (Lipinski definition) is 2. The molecular formula is C15H19FN2. The quantitative estimate of drug-likeness (QED) is 0.834. The molecule has 0 saturated carbocycles. The Bertz CT molecular complexity index is 540. The molecule has 0 aliphatic carbocycles. The number of hydrogen-bond acceptors (Lipinski definition) is 1. The van der Waals surface area contributed by atoms with Crippen molar-refractivity contribution in [2.24, 2.45) is 5.92 Å². The van der Waals surface area contributed by atoms with Crippen molar-refractivity contribution >= 4 is 10.9 Å². The molecule has 1 aliphatic rings. The van der Waals surface area contributed by atoms with Crippen molar-refractivity contribution in [3.63, 3.8) is 0 Å². The van der Waals surface area contributed by atoms with Crippen LogP contribution in [-0.4, -0.2) is 18.1 Å². The molecule has 3 heteroatoms. The summed E-state index contributed by atoms with van der Waals surface area (Å²) >= 11 is 0. The Morgan fingerprint density at radius 2 is 1.94 bits per heavy atom. The summed E-state index contributed by atoms with van der Waals surface area (Å²) in [5.74, 6) is 0.157. The molecule has 3 rings (SSSR count). The van der Waals surface area contributed by atoms with Gasteiger partial charge in [0.15, 0.2) is 0 Å². The van der Waals surface area contributed by atoms with Gasteiger partial charge in [-0.15, -0.1) is 0 Å². The molecule has 1 aromatic carbocycles. The number of fused-ring (bicyclic) bond motifs is 1. The summed E-state index contributed by atoms with van der Waals surface area (Å²) in [6, 6.07) is 8.00. The number of aromatic nitrogens is 1. The van der Waals surface area contributed by atoms with Crippen LogP contribution < -0.4 is 5.32 Å². The van der Waals surface area contributed by atoms with E-state index in [1.807, 2.05) is 31.2 Å². The van der Waals surface area contributed by atoms with Crippen LogP contribution in [0.25, 0.3) is 10.9 Å². The Kier molecular flexibility index (Phi) is 3.08. The molecule has 18 heavy (non-hydrogen) atoms. The van der Waals surface area contributed by atoms with Crippen LogP contribution >= 0.6 is 0 Å². The number of rotatable bonds is 2. The summed E-state index contributed by atoms with van der Waals surface area (Å²) in [4.78, 5) is 3.29. The van der Waals surface area contributed by atoms with Crippen LogP contribution in [0, 0.1) is 12.8 Å². The van der Waals surface area contributed by atoms with Crippen LogP contribution in [0.4, 0.5) is 4.39 Å².